The summed E-state index contributed by atoms with van der Waals surface area (Å²) < 4.78 is 22.6. The van der Waals surface area contributed by atoms with Crippen LogP contribution >= 0.6 is 0 Å². The molecular weight excluding hydrogens is 222 g/mol. The lowest BCUT2D eigenvalue weighted by atomic mass is 10.1. The Bertz CT molecular complexity index is 397. The standard InChI is InChI=1S/C8H13NO5S/c1-8(2)5-15(13,14)7(12)9(8)4-3-6(10)11/h3-5H2,1-2H3,(H,10,11). The molecule has 0 atom stereocenters. The number of aliphatic carboxylic acids is 1. The van der Waals surface area contributed by atoms with Gasteiger partial charge in [0.2, 0.25) is 9.84 Å². The highest BCUT2D eigenvalue weighted by Gasteiger charge is 2.48. The Morgan fingerprint density at radius 3 is 2.40 bits per heavy atom. The van der Waals surface area contributed by atoms with E-state index >= 15 is 0 Å². The third-order valence-electron chi connectivity index (χ3n) is 2.31. The molecule has 6 nitrogen and oxygen atoms in total. The van der Waals surface area contributed by atoms with Crippen molar-refractivity contribution < 1.29 is 23.1 Å². The normalized spacial score (nSPS) is 23.1. The molecule has 1 heterocycles. The molecule has 0 radical (unpaired) electrons. The van der Waals surface area contributed by atoms with Gasteiger partial charge in [-0.15, -0.1) is 0 Å². The second-order valence-electron chi connectivity index (χ2n) is 4.13. The molecule has 0 bridgehead atoms. The SMILES string of the molecule is CC1(C)CS(=O)(=O)C(=O)N1CCC(=O)O. The summed E-state index contributed by atoms with van der Waals surface area (Å²) in [5.74, 6) is -1.30. The first-order valence-corrected chi connectivity index (χ1v) is 6.08. The fourth-order valence-electron chi connectivity index (χ4n) is 1.62. The van der Waals surface area contributed by atoms with Crippen LogP contribution in [0, 0.1) is 0 Å². The van der Waals surface area contributed by atoms with Gasteiger partial charge in [-0.25, -0.2) is 8.42 Å². The van der Waals surface area contributed by atoms with Crippen molar-refractivity contribution in [1.82, 2.24) is 4.90 Å². The molecule has 0 saturated carbocycles. The number of carbonyl (C=O) groups is 2. The molecule has 0 aliphatic carbocycles. The van der Waals surface area contributed by atoms with E-state index < -0.39 is 26.6 Å². The van der Waals surface area contributed by atoms with Crippen LogP contribution in [0.2, 0.25) is 0 Å². The second-order valence-corrected chi connectivity index (χ2v) is 6.00. The van der Waals surface area contributed by atoms with Gasteiger partial charge in [-0.1, -0.05) is 0 Å². The van der Waals surface area contributed by atoms with E-state index in [0.29, 0.717) is 0 Å². The fraction of sp³-hybridized carbons (Fsp3) is 0.750. The van der Waals surface area contributed by atoms with Gasteiger partial charge in [-0.3, -0.25) is 9.59 Å². The largest absolute Gasteiger partial charge is 0.481 e. The Morgan fingerprint density at radius 2 is 2.07 bits per heavy atom. The van der Waals surface area contributed by atoms with E-state index in [4.69, 9.17) is 5.11 Å². The maximum atomic E-state index is 11.4. The zero-order valence-electron chi connectivity index (χ0n) is 8.56. The number of rotatable bonds is 3. The first-order chi connectivity index (χ1) is 6.67. The molecule has 1 N–H and O–H groups in total. The highest BCUT2D eigenvalue weighted by atomic mass is 32.2. The first kappa shape index (κ1) is 12.0. The Labute approximate surface area is 87.8 Å². The van der Waals surface area contributed by atoms with E-state index in [-0.39, 0.29) is 18.7 Å². The number of hydrogen-bond donors (Lipinski definition) is 1. The van der Waals surface area contributed by atoms with Crippen LogP contribution in [0.1, 0.15) is 20.3 Å². The summed E-state index contributed by atoms with van der Waals surface area (Å²) in [6.07, 6.45) is -0.245. The van der Waals surface area contributed by atoms with Crippen molar-refractivity contribution in [3.63, 3.8) is 0 Å². The maximum Gasteiger partial charge on any atom is 0.339 e. The van der Waals surface area contributed by atoms with Crippen LogP contribution in [0.3, 0.4) is 0 Å². The number of nitrogens with zero attached hydrogens (tertiary/aromatic N) is 1. The topological polar surface area (TPSA) is 91.8 Å². The monoisotopic (exact) mass is 235 g/mol. The van der Waals surface area contributed by atoms with Crippen LogP contribution in [-0.2, 0) is 14.6 Å². The zero-order valence-corrected chi connectivity index (χ0v) is 9.37. The summed E-state index contributed by atoms with van der Waals surface area (Å²) in [4.78, 5) is 22.9. The van der Waals surface area contributed by atoms with Crippen molar-refractivity contribution >= 4 is 21.0 Å². The van der Waals surface area contributed by atoms with Crippen LogP contribution in [0.25, 0.3) is 0 Å². The number of amides is 1. The third-order valence-corrected chi connectivity index (χ3v) is 4.15. The number of carboxylic acids is 1. The number of hydrogen-bond acceptors (Lipinski definition) is 4. The molecule has 0 aromatic heterocycles. The summed E-state index contributed by atoms with van der Waals surface area (Å²) >= 11 is 0. The molecule has 0 aromatic rings. The lowest BCUT2D eigenvalue weighted by Crippen LogP contribution is -2.42. The number of carboxylic acid groups (broad SMARTS) is 1. The highest BCUT2D eigenvalue weighted by molar-refractivity contribution is 8.06. The molecule has 0 aromatic carbocycles. The zero-order chi connectivity index (χ0) is 11.9. The highest BCUT2D eigenvalue weighted by Crippen LogP contribution is 2.27. The molecule has 15 heavy (non-hydrogen) atoms. The van der Waals surface area contributed by atoms with Crippen molar-refractivity contribution in [3.8, 4) is 0 Å². The average molecular weight is 235 g/mol. The summed E-state index contributed by atoms with van der Waals surface area (Å²) in [7, 11) is -3.74. The lowest BCUT2D eigenvalue weighted by molar-refractivity contribution is -0.137. The Kier molecular flexibility index (Phi) is 2.77. The van der Waals surface area contributed by atoms with Crippen molar-refractivity contribution in [2.45, 2.75) is 25.8 Å². The first-order valence-electron chi connectivity index (χ1n) is 4.43. The van der Waals surface area contributed by atoms with Crippen molar-refractivity contribution in [1.29, 1.82) is 0 Å². The molecule has 0 spiro atoms. The van der Waals surface area contributed by atoms with E-state index in [1.54, 1.807) is 13.8 Å². The molecule has 7 heteroatoms. The lowest BCUT2D eigenvalue weighted by Gasteiger charge is -2.28. The number of carbonyl (C=O) groups excluding carboxylic acids is 1. The quantitative estimate of drug-likeness (QED) is 0.748. The van der Waals surface area contributed by atoms with Crippen molar-refractivity contribution in [3.05, 3.63) is 0 Å². The van der Waals surface area contributed by atoms with Crippen LogP contribution in [0.5, 0.6) is 0 Å². The Morgan fingerprint density at radius 1 is 1.53 bits per heavy atom. The molecule has 1 rings (SSSR count). The van der Waals surface area contributed by atoms with E-state index in [1.165, 1.54) is 0 Å². The molecular formula is C8H13NO5S. The molecule has 1 fully saturated rings. The van der Waals surface area contributed by atoms with Gasteiger partial charge in [0.1, 0.15) is 0 Å². The minimum absolute atomic E-state index is 0.0691. The van der Waals surface area contributed by atoms with Crippen LogP contribution in [0.15, 0.2) is 0 Å². The van der Waals surface area contributed by atoms with Gasteiger partial charge in [0, 0.05) is 6.54 Å². The predicted molar refractivity (Wildman–Crippen MR) is 52.2 cm³/mol. The molecule has 0 unspecified atom stereocenters. The van der Waals surface area contributed by atoms with Gasteiger partial charge in [0.15, 0.2) is 0 Å². The molecule has 1 aliphatic rings. The molecule has 86 valence electrons. The Hall–Kier alpha value is -1.11. The van der Waals surface area contributed by atoms with Crippen LogP contribution in [-0.4, -0.2) is 47.5 Å². The maximum absolute atomic E-state index is 11.4. The predicted octanol–water partition coefficient (Wildman–Crippen LogP) is 0.0901. The summed E-state index contributed by atoms with van der Waals surface area (Å²) in [6.45, 7) is 3.15. The molecule has 1 aliphatic heterocycles. The van der Waals surface area contributed by atoms with Gasteiger partial charge in [-0.2, -0.15) is 0 Å². The van der Waals surface area contributed by atoms with E-state index in [9.17, 15) is 18.0 Å². The average Bonchev–Trinajstić information content (AvgIpc) is 2.14. The molecule has 1 amide bonds. The fourth-order valence-corrected chi connectivity index (χ4v) is 3.50. The van der Waals surface area contributed by atoms with Gasteiger partial charge >= 0.3 is 11.2 Å². The third kappa shape index (κ3) is 2.28. The van der Waals surface area contributed by atoms with E-state index in [0.717, 1.165) is 4.90 Å². The van der Waals surface area contributed by atoms with Gasteiger partial charge in [0.25, 0.3) is 0 Å². The van der Waals surface area contributed by atoms with Gasteiger partial charge in [0.05, 0.1) is 17.7 Å². The second kappa shape index (κ2) is 3.48. The van der Waals surface area contributed by atoms with E-state index in [1.807, 2.05) is 0 Å². The van der Waals surface area contributed by atoms with Crippen molar-refractivity contribution in [2.75, 3.05) is 12.3 Å². The summed E-state index contributed by atoms with van der Waals surface area (Å²) in [5.41, 5.74) is -0.814. The minimum atomic E-state index is -3.74. The molecule has 1 saturated heterocycles. The van der Waals surface area contributed by atoms with Crippen LogP contribution < -0.4 is 0 Å². The smallest absolute Gasteiger partial charge is 0.339 e. The van der Waals surface area contributed by atoms with Crippen LogP contribution in [0.4, 0.5) is 4.79 Å². The van der Waals surface area contributed by atoms with Gasteiger partial charge < -0.3 is 10.0 Å². The minimum Gasteiger partial charge on any atom is -0.481 e. The van der Waals surface area contributed by atoms with Gasteiger partial charge in [-0.05, 0) is 13.8 Å². The Balaban J connectivity index is 2.88. The number of sulfone groups is 1. The summed E-state index contributed by atoms with van der Waals surface area (Å²) in [5, 5.41) is 7.51. The van der Waals surface area contributed by atoms with Crippen molar-refractivity contribution in [2.24, 2.45) is 0 Å². The van der Waals surface area contributed by atoms with E-state index in [2.05, 4.69) is 0 Å². The summed E-state index contributed by atoms with van der Waals surface area (Å²) in [6, 6.07) is 0.